The Bertz CT molecular complexity index is 655. The summed E-state index contributed by atoms with van der Waals surface area (Å²) in [5.41, 5.74) is 0.462. The van der Waals surface area contributed by atoms with Gasteiger partial charge in [-0.3, -0.25) is 9.78 Å². The Labute approximate surface area is 135 Å². The van der Waals surface area contributed by atoms with Crippen LogP contribution >= 0.6 is 0 Å². The van der Waals surface area contributed by atoms with E-state index in [1.807, 2.05) is 24.3 Å². The van der Waals surface area contributed by atoms with E-state index in [9.17, 15) is 4.79 Å². The molecule has 2 aromatic heterocycles. The van der Waals surface area contributed by atoms with Gasteiger partial charge in [0.15, 0.2) is 0 Å². The summed E-state index contributed by atoms with van der Waals surface area (Å²) in [6, 6.07) is 11.3. The van der Waals surface area contributed by atoms with Gasteiger partial charge in [-0.1, -0.05) is 12.1 Å². The summed E-state index contributed by atoms with van der Waals surface area (Å²) in [5.74, 6) is 1.43. The molecule has 3 heterocycles. The number of carbonyl (C=O) groups is 1. The molecule has 23 heavy (non-hydrogen) atoms. The number of nitrogens with one attached hydrogen (secondary N) is 1. The maximum atomic E-state index is 12.1. The minimum absolute atomic E-state index is 0.108. The fourth-order valence-electron chi connectivity index (χ4n) is 2.70. The van der Waals surface area contributed by atoms with Crippen molar-refractivity contribution < 1.29 is 9.53 Å². The van der Waals surface area contributed by atoms with Gasteiger partial charge in [0.1, 0.15) is 11.5 Å². The molecule has 1 saturated heterocycles. The van der Waals surface area contributed by atoms with Crippen LogP contribution < -0.4 is 15.0 Å². The largest absolute Gasteiger partial charge is 0.481 e. The van der Waals surface area contributed by atoms with Gasteiger partial charge in [-0.25, -0.2) is 0 Å². The van der Waals surface area contributed by atoms with E-state index < -0.39 is 0 Å². The molecule has 0 bridgehead atoms. The minimum Gasteiger partial charge on any atom is -0.481 e. The summed E-state index contributed by atoms with van der Waals surface area (Å²) in [7, 11) is 1.62. The van der Waals surface area contributed by atoms with Crippen molar-refractivity contribution in [3.8, 4) is 5.88 Å². The van der Waals surface area contributed by atoms with Gasteiger partial charge in [0, 0.05) is 31.4 Å². The topological polar surface area (TPSA) is 67.3 Å². The zero-order chi connectivity index (χ0) is 16.1. The van der Waals surface area contributed by atoms with Gasteiger partial charge in [0.2, 0.25) is 5.88 Å². The number of anilines is 1. The Morgan fingerprint density at radius 3 is 2.74 bits per heavy atom. The molecule has 1 amide bonds. The molecule has 120 valence electrons. The number of ether oxygens (including phenoxy) is 1. The minimum atomic E-state index is -0.108. The number of rotatable bonds is 4. The van der Waals surface area contributed by atoms with Crippen LogP contribution in [0.15, 0.2) is 42.6 Å². The van der Waals surface area contributed by atoms with E-state index >= 15 is 0 Å². The lowest BCUT2D eigenvalue weighted by atomic mass is 10.0. The van der Waals surface area contributed by atoms with Crippen LogP contribution in [-0.4, -0.2) is 42.1 Å². The highest BCUT2D eigenvalue weighted by molar-refractivity contribution is 5.92. The molecule has 0 spiro atoms. The Kier molecular flexibility index (Phi) is 4.71. The maximum Gasteiger partial charge on any atom is 0.270 e. The first-order valence-corrected chi connectivity index (χ1v) is 7.74. The van der Waals surface area contributed by atoms with Crippen LogP contribution in [-0.2, 0) is 0 Å². The van der Waals surface area contributed by atoms with E-state index in [1.54, 1.807) is 25.4 Å². The fourth-order valence-corrected chi connectivity index (χ4v) is 2.70. The van der Waals surface area contributed by atoms with Crippen molar-refractivity contribution in [1.29, 1.82) is 0 Å². The second kappa shape index (κ2) is 7.09. The number of aromatic nitrogens is 2. The molecule has 3 rings (SSSR count). The molecular formula is C17H20N4O2. The van der Waals surface area contributed by atoms with Crippen LogP contribution in [0.2, 0.25) is 0 Å². The van der Waals surface area contributed by atoms with Crippen molar-refractivity contribution in [3.63, 3.8) is 0 Å². The Morgan fingerprint density at radius 2 is 2.04 bits per heavy atom. The highest BCUT2D eigenvalue weighted by Crippen LogP contribution is 2.20. The highest BCUT2D eigenvalue weighted by Gasteiger charge is 2.22. The molecule has 0 atom stereocenters. The van der Waals surface area contributed by atoms with E-state index in [0.717, 1.165) is 31.7 Å². The third-order valence-electron chi connectivity index (χ3n) is 3.97. The normalized spacial score (nSPS) is 15.3. The monoisotopic (exact) mass is 312 g/mol. The van der Waals surface area contributed by atoms with Crippen LogP contribution in [0.25, 0.3) is 0 Å². The summed E-state index contributed by atoms with van der Waals surface area (Å²) >= 11 is 0. The number of methoxy groups -OCH3 is 1. The first-order chi connectivity index (χ1) is 11.3. The van der Waals surface area contributed by atoms with E-state index in [-0.39, 0.29) is 11.9 Å². The number of hydrogen-bond donors (Lipinski definition) is 1. The molecule has 1 aliphatic rings. The molecule has 1 N–H and O–H groups in total. The van der Waals surface area contributed by atoms with Gasteiger partial charge < -0.3 is 15.0 Å². The lowest BCUT2D eigenvalue weighted by Gasteiger charge is -2.33. The number of piperidine rings is 1. The summed E-state index contributed by atoms with van der Waals surface area (Å²) in [6.07, 6.45) is 3.40. The third-order valence-corrected chi connectivity index (χ3v) is 3.97. The smallest absolute Gasteiger partial charge is 0.270 e. The van der Waals surface area contributed by atoms with E-state index in [1.165, 1.54) is 0 Å². The van der Waals surface area contributed by atoms with Crippen LogP contribution in [0.4, 0.5) is 5.82 Å². The first kappa shape index (κ1) is 15.3. The average Bonchev–Trinajstić information content (AvgIpc) is 2.63. The van der Waals surface area contributed by atoms with Crippen molar-refractivity contribution in [3.05, 3.63) is 48.3 Å². The number of nitrogens with zero attached hydrogens (tertiary/aromatic N) is 3. The zero-order valence-electron chi connectivity index (χ0n) is 13.1. The first-order valence-electron chi connectivity index (χ1n) is 7.74. The van der Waals surface area contributed by atoms with Gasteiger partial charge in [0.25, 0.3) is 5.91 Å². The summed E-state index contributed by atoms with van der Waals surface area (Å²) in [6.45, 7) is 1.71. The fraction of sp³-hybridized carbons (Fsp3) is 0.353. The predicted molar refractivity (Wildman–Crippen MR) is 87.7 cm³/mol. The molecule has 0 saturated carbocycles. The number of amides is 1. The zero-order valence-corrected chi connectivity index (χ0v) is 13.1. The van der Waals surface area contributed by atoms with Crippen molar-refractivity contribution in [2.24, 2.45) is 0 Å². The number of hydrogen-bond acceptors (Lipinski definition) is 5. The second-order valence-electron chi connectivity index (χ2n) is 5.49. The van der Waals surface area contributed by atoms with Crippen LogP contribution in [0, 0.1) is 0 Å². The molecule has 0 radical (unpaired) electrons. The standard InChI is InChI=1S/C17H20N4O2/c1-23-16-7-4-6-15(20-16)21-11-8-13(9-12-21)19-17(22)14-5-2-3-10-18-14/h2-7,10,13H,8-9,11-12H2,1H3,(H,19,22). The SMILES string of the molecule is COc1cccc(N2CCC(NC(=O)c3ccccn3)CC2)n1. The van der Waals surface area contributed by atoms with Crippen molar-refractivity contribution >= 4 is 11.7 Å². The van der Waals surface area contributed by atoms with Crippen molar-refractivity contribution in [2.45, 2.75) is 18.9 Å². The summed E-state index contributed by atoms with van der Waals surface area (Å²) < 4.78 is 5.17. The molecule has 1 fully saturated rings. The van der Waals surface area contributed by atoms with Crippen LogP contribution in [0.1, 0.15) is 23.3 Å². The van der Waals surface area contributed by atoms with Gasteiger partial charge >= 0.3 is 0 Å². The van der Waals surface area contributed by atoms with Gasteiger partial charge in [-0.05, 0) is 31.0 Å². The predicted octanol–water partition coefficient (Wildman–Crippen LogP) is 1.88. The molecule has 0 aromatic carbocycles. The third kappa shape index (κ3) is 3.77. The molecule has 1 aliphatic heterocycles. The van der Waals surface area contributed by atoms with E-state index in [0.29, 0.717) is 11.6 Å². The Hall–Kier alpha value is -2.63. The molecule has 2 aromatic rings. The van der Waals surface area contributed by atoms with Crippen LogP contribution in [0.5, 0.6) is 5.88 Å². The van der Waals surface area contributed by atoms with E-state index in [2.05, 4.69) is 20.2 Å². The molecular weight excluding hydrogens is 292 g/mol. The lowest BCUT2D eigenvalue weighted by Crippen LogP contribution is -2.45. The summed E-state index contributed by atoms with van der Waals surface area (Å²) in [4.78, 5) is 22.9. The second-order valence-corrected chi connectivity index (χ2v) is 5.49. The van der Waals surface area contributed by atoms with Gasteiger partial charge in [0.05, 0.1) is 7.11 Å². The van der Waals surface area contributed by atoms with Crippen LogP contribution in [0.3, 0.4) is 0 Å². The Morgan fingerprint density at radius 1 is 1.22 bits per heavy atom. The molecule has 0 aliphatic carbocycles. The average molecular weight is 312 g/mol. The number of pyridine rings is 2. The van der Waals surface area contributed by atoms with Crippen molar-refractivity contribution in [1.82, 2.24) is 15.3 Å². The molecule has 6 nitrogen and oxygen atoms in total. The Balaban J connectivity index is 1.55. The highest BCUT2D eigenvalue weighted by atomic mass is 16.5. The maximum absolute atomic E-state index is 12.1. The van der Waals surface area contributed by atoms with Crippen molar-refractivity contribution in [2.75, 3.05) is 25.1 Å². The lowest BCUT2D eigenvalue weighted by molar-refractivity contribution is 0.0926. The summed E-state index contributed by atoms with van der Waals surface area (Å²) in [5, 5.41) is 3.06. The van der Waals surface area contributed by atoms with Gasteiger partial charge in [-0.2, -0.15) is 4.98 Å². The van der Waals surface area contributed by atoms with Gasteiger partial charge in [-0.15, -0.1) is 0 Å². The molecule has 0 unspecified atom stereocenters. The number of carbonyl (C=O) groups excluding carboxylic acids is 1. The molecule has 6 heteroatoms. The van der Waals surface area contributed by atoms with E-state index in [4.69, 9.17) is 4.74 Å². The quantitative estimate of drug-likeness (QED) is 0.934.